The normalized spacial score (nSPS) is 16.4. The van der Waals surface area contributed by atoms with Crippen LogP contribution in [0, 0.1) is 0 Å². The van der Waals surface area contributed by atoms with Gasteiger partial charge in [-0.3, -0.25) is 0 Å². The standard InChI is InChI=1S/C21H23N3O5S/c1-28-21(25)15-5-8-19-18(9-15)23-20-13-29-12-16(24(19)20)11-22-10-14-3-6-17(7-4-14)30(2,26)27/h3-9,16,22H,10-13H2,1-2H3/t16-/m0/s1. The van der Waals surface area contributed by atoms with E-state index in [4.69, 9.17) is 9.47 Å². The van der Waals surface area contributed by atoms with Gasteiger partial charge in [0.2, 0.25) is 0 Å². The van der Waals surface area contributed by atoms with E-state index in [1.165, 1.54) is 13.4 Å². The van der Waals surface area contributed by atoms with Gasteiger partial charge < -0.3 is 19.4 Å². The van der Waals surface area contributed by atoms with Gasteiger partial charge in [0.15, 0.2) is 9.84 Å². The highest BCUT2D eigenvalue weighted by atomic mass is 32.2. The Bertz CT molecular complexity index is 1190. The van der Waals surface area contributed by atoms with E-state index >= 15 is 0 Å². The highest BCUT2D eigenvalue weighted by Gasteiger charge is 2.24. The van der Waals surface area contributed by atoms with Crippen molar-refractivity contribution in [2.45, 2.75) is 24.1 Å². The molecular weight excluding hydrogens is 406 g/mol. The molecule has 2 aromatic carbocycles. The lowest BCUT2D eigenvalue weighted by Crippen LogP contribution is -2.32. The molecule has 0 fully saturated rings. The summed E-state index contributed by atoms with van der Waals surface area (Å²) in [6, 6.07) is 12.3. The number of hydrogen-bond donors (Lipinski definition) is 1. The van der Waals surface area contributed by atoms with E-state index in [-0.39, 0.29) is 12.0 Å². The number of nitrogens with one attached hydrogen (secondary N) is 1. The van der Waals surface area contributed by atoms with Crippen molar-refractivity contribution in [2.24, 2.45) is 0 Å². The van der Waals surface area contributed by atoms with E-state index < -0.39 is 9.84 Å². The molecule has 0 aliphatic carbocycles. The smallest absolute Gasteiger partial charge is 0.337 e. The molecule has 0 saturated carbocycles. The van der Waals surface area contributed by atoms with E-state index in [1.807, 2.05) is 18.2 Å². The van der Waals surface area contributed by atoms with E-state index in [2.05, 4.69) is 14.9 Å². The zero-order chi connectivity index (χ0) is 21.3. The van der Waals surface area contributed by atoms with Crippen molar-refractivity contribution in [1.29, 1.82) is 0 Å². The predicted octanol–water partition coefficient (Wildman–Crippen LogP) is 2.09. The van der Waals surface area contributed by atoms with Gasteiger partial charge in [-0.05, 0) is 35.9 Å². The lowest BCUT2D eigenvalue weighted by molar-refractivity contribution is 0.0564. The molecule has 3 aromatic rings. The first-order chi connectivity index (χ1) is 14.4. The van der Waals surface area contributed by atoms with Crippen LogP contribution in [0.5, 0.6) is 0 Å². The van der Waals surface area contributed by atoms with Crippen LogP contribution in [0.4, 0.5) is 0 Å². The summed E-state index contributed by atoms with van der Waals surface area (Å²) in [5.41, 5.74) is 3.15. The molecule has 0 bridgehead atoms. The second-order valence-electron chi connectivity index (χ2n) is 7.31. The molecular formula is C21H23N3O5S. The number of ether oxygens (including phenoxy) is 2. The fourth-order valence-corrected chi connectivity index (χ4v) is 4.28. The van der Waals surface area contributed by atoms with E-state index in [9.17, 15) is 13.2 Å². The van der Waals surface area contributed by atoms with Crippen molar-refractivity contribution in [3.05, 3.63) is 59.4 Å². The predicted molar refractivity (Wildman–Crippen MR) is 111 cm³/mol. The Morgan fingerprint density at radius 3 is 2.73 bits per heavy atom. The highest BCUT2D eigenvalue weighted by molar-refractivity contribution is 7.90. The number of aromatic nitrogens is 2. The lowest BCUT2D eigenvalue weighted by Gasteiger charge is -2.26. The van der Waals surface area contributed by atoms with Crippen LogP contribution in [0.2, 0.25) is 0 Å². The third-order valence-electron chi connectivity index (χ3n) is 5.15. The highest BCUT2D eigenvalue weighted by Crippen LogP contribution is 2.26. The van der Waals surface area contributed by atoms with Crippen molar-refractivity contribution in [3.63, 3.8) is 0 Å². The average Bonchev–Trinajstić information content (AvgIpc) is 3.11. The number of benzene rings is 2. The van der Waals surface area contributed by atoms with Crippen LogP contribution in [0.25, 0.3) is 11.0 Å². The van der Waals surface area contributed by atoms with E-state index in [1.54, 1.807) is 24.3 Å². The molecule has 1 aliphatic rings. The van der Waals surface area contributed by atoms with Crippen LogP contribution >= 0.6 is 0 Å². The van der Waals surface area contributed by atoms with Crippen LogP contribution in [0.1, 0.15) is 27.8 Å². The molecule has 2 heterocycles. The molecule has 1 aliphatic heterocycles. The minimum Gasteiger partial charge on any atom is -0.465 e. The Morgan fingerprint density at radius 2 is 2.03 bits per heavy atom. The molecule has 9 heteroatoms. The Hall–Kier alpha value is -2.75. The molecule has 30 heavy (non-hydrogen) atoms. The maximum atomic E-state index is 11.8. The van der Waals surface area contributed by atoms with Gasteiger partial charge in [0.1, 0.15) is 12.4 Å². The first-order valence-electron chi connectivity index (χ1n) is 9.53. The minimum atomic E-state index is -3.19. The number of hydrogen-bond acceptors (Lipinski definition) is 7. The third kappa shape index (κ3) is 4.09. The summed E-state index contributed by atoms with van der Waals surface area (Å²) in [5.74, 6) is 0.432. The number of methoxy groups -OCH3 is 1. The molecule has 4 rings (SSSR count). The van der Waals surface area contributed by atoms with Crippen molar-refractivity contribution in [3.8, 4) is 0 Å². The summed E-state index contributed by atoms with van der Waals surface area (Å²) in [4.78, 5) is 16.7. The van der Waals surface area contributed by atoms with Gasteiger partial charge in [-0.15, -0.1) is 0 Å². The van der Waals surface area contributed by atoms with Gasteiger partial charge in [0, 0.05) is 19.3 Å². The SMILES string of the molecule is COC(=O)c1ccc2c(c1)nc1n2[C@@H](CNCc2ccc(S(C)(=O)=O)cc2)COC1. The maximum absolute atomic E-state index is 11.8. The number of carbonyl (C=O) groups excluding carboxylic acids is 1. The molecule has 0 amide bonds. The number of nitrogens with zero attached hydrogens (tertiary/aromatic N) is 2. The zero-order valence-electron chi connectivity index (χ0n) is 16.8. The van der Waals surface area contributed by atoms with Gasteiger partial charge >= 0.3 is 5.97 Å². The Labute approximate surface area is 174 Å². The topological polar surface area (TPSA) is 99.5 Å². The van der Waals surface area contributed by atoms with Crippen LogP contribution in [-0.2, 0) is 32.5 Å². The van der Waals surface area contributed by atoms with E-state index in [0.717, 1.165) is 22.4 Å². The van der Waals surface area contributed by atoms with Crippen molar-refractivity contribution in [2.75, 3.05) is 26.5 Å². The molecule has 1 atom stereocenters. The Morgan fingerprint density at radius 1 is 1.27 bits per heavy atom. The Kier molecular flexibility index (Phi) is 5.59. The van der Waals surface area contributed by atoms with Crippen molar-refractivity contribution >= 4 is 26.8 Å². The van der Waals surface area contributed by atoms with Crippen molar-refractivity contribution in [1.82, 2.24) is 14.9 Å². The fraction of sp³-hybridized carbons (Fsp3) is 0.333. The lowest BCUT2D eigenvalue weighted by atomic mass is 10.2. The quantitative estimate of drug-likeness (QED) is 0.599. The molecule has 1 aromatic heterocycles. The van der Waals surface area contributed by atoms with Crippen LogP contribution < -0.4 is 5.32 Å². The largest absolute Gasteiger partial charge is 0.465 e. The molecule has 0 saturated heterocycles. The number of fused-ring (bicyclic) bond motifs is 3. The van der Waals surface area contributed by atoms with Gasteiger partial charge in [-0.25, -0.2) is 18.2 Å². The second kappa shape index (κ2) is 8.17. The second-order valence-corrected chi connectivity index (χ2v) is 9.32. The molecule has 0 spiro atoms. The van der Waals surface area contributed by atoms with Crippen LogP contribution in [0.15, 0.2) is 47.4 Å². The average molecular weight is 429 g/mol. The van der Waals surface area contributed by atoms with E-state index in [0.29, 0.717) is 36.8 Å². The van der Waals surface area contributed by atoms with Gasteiger partial charge in [-0.1, -0.05) is 12.1 Å². The summed E-state index contributed by atoms with van der Waals surface area (Å²) in [5, 5.41) is 3.41. The molecule has 0 unspecified atom stereocenters. The first kappa shape index (κ1) is 20.5. The molecule has 8 nitrogen and oxygen atoms in total. The zero-order valence-corrected chi connectivity index (χ0v) is 17.6. The van der Waals surface area contributed by atoms with Gasteiger partial charge in [-0.2, -0.15) is 0 Å². The molecule has 158 valence electrons. The minimum absolute atomic E-state index is 0.0537. The third-order valence-corrected chi connectivity index (χ3v) is 6.28. The maximum Gasteiger partial charge on any atom is 0.337 e. The van der Waals surface area contributed by atoms with Gasteiger partial charge in [0.05, 0.1) is 41.3 Å². The van der Waals surface area contributed by atoms with Crippen LogP contribution in [-0.4, -0.2) is 50.5 Å². The monoisotopic (exact) mass is 429 g/mol. The number of imidazole rings is 1. The summed E-state index contributed by atoms with van der Waals surface area (Å²) in [6.07, 6.45) is 1.20. The van der Waals surface area contributed by atoms with Gasteiger partial charge in [0.25, 0.3) is 0 Å². The number of sulfone groups is 1. The number of carbonyl (C=O) groups is 1. The number of rotatable bonds is 6. The van der Waals surface area contributed by atoms with Crippen LogP contribution in [0.3, 0.4) is 0 Å². The summed E-state index contributed by atoms with van der Waals surface area (Å²) in [6.45, 7) is 2.24. The molecule has 1 N–H and O–H groups in total. The fourth-order valence-electron chi connectivity index (χ4n) is 3.65. The molecule has 0 radical (unpaired) electrons. The summed E-state index contributed by atoms with van der Waals surface area (Å²) >= 11 is 0. The summed E-state index contributed by atoms with van der Waals surface area (Å²) in [7, 11) is -1.84. The Balaban J connectivity index is 1.48. The summed E-state index contributed by atoms with van der Waals surface area (Å²) < 4.78 is 35.8. The number of esters is 1. The first-order valence-corrected chi connectivity index (χ1v) is 11.4. The van der Waals surface area contributed by atoms with Crippen molar-refractivity contribution < 1.29 is 22.7 Å².